The second kappa shape index (κ2) is 5.54. The predicted molar refractivity (Wildman–Crippen MR) is 68.2 cm³/mol. The summed E-state index contributed by atoms with van der Waals surface area (Å²) in [6.07, 6.45) is 3.30. The molecule has 0 aliphatic carbocycles. The molecule has 0 aromatic rings. The summed E-state index contributed by atoms with van der Waals surface area (Å²) in [6, 6.07) is -0.656. The molecule has 1 unspecified atom stereocenters. The topological polar surface area (TPSA) is 75.7 Å². The van der Waals surface area contributed by atoms with E-state index >= 15 is 0 Å². The third-order valence-corrected chi connectivity index (χ3v) is 3.93. The molecule has 0 spiro atoms. The van der Waals surface area contributed by atoms with Crippen molar-refractivity contribution in [1.82, 2.24) is 9.79 Å². The van der Waals surface area contributed by atoms with Gasteiger partial charge in [0.1, 0.15) is 6.04 Å². The van der Waals surface area contributed by atoms with Crippen molar-refractivity contribution in [1.29, 1.82) is 0 Å². The molecule has 1 heterocycles. The molecular weight excluding hydrogens is 256 g/mol. The summed E-state index contributed by atoms with van der Waals surface area (Å²) in [5.74, 6) is -0.393. The number of amides is 1. The number of nitrogens with zero attached hydrogens (tertiary/aromatic N) is 1. The van der Waals surface area contributed by atoms with Gasteiger partial charge in [0, 0.05) is 6.54 Å². The lowest BCUT2D eigenvalue weighted by Crippen LogP contribution is -2.52. The van der Waals surface area contributed by atoms with Gasteiger partial charge in [-0.25, -0.2) is 13.9 Å². The van der Waals surface area contributed by atoms with Crippen molar-refractivity contribution in [2.45, 2.75) is 51.7 Å². The molecule has 0 aromatic heterocycles. The van der Waals surface area contributed by atoms with Crippen molar-refractivity contribution >= 4 is 15.9 Å². The predicted octanol–water partition coefficient (Wildman–Crippen LogP) is 0.647. The number of sulfonamides is 1. The van der Waals surface area contributed by atoms with Crippen LogP contribution in [0, 0.1) is 0 Å². The minimum absolute atomic E-state index is 0.393. The highest BCUT2D eigenvalue weighted by molar-refractivity contribution is 7.88. The van der Waals surface area contributed by atoms with E-state index in [1.807, 2.05) is 20.8 Å². The van der Waals surface area contributed by atoms with Gasteiger partial charge in [-0.2, -0.15) is 4.31 Å². The molecule has 6 nitrogen and oxygen atoms in total. The normalized spacial score (nSPS) is 22.8. The first-order chi connectivity index (χ1) is 8.11. The Morgan fingerprint density at radius 2 is 1.94 bits per heavy atom. The molecule has 7 heteroatoms. The monoisotopic (exact) mass is 278 g/mol. The summed E-state index contributed by atoms with van der Waals surface area (Å²) in [5, 5.41) is 0. The highest BCUT2D eigenvalue weighted by Crippen LogP contribution is 2.20. The van der Waals surface area contributed by atoms with Crippen LogP contribution in [-0.4, -0.2) is 43.1 Å². The van der Waals surface area contributed by atoms with Crippen LogP contribution in [0.15, 0.2) is 0 Å². The summed E-state index contributed by atoms with van der Waals surface area (Å²) in [6.45, 7) is 5.82. The zero-order chi connectivity index (χ0) is 14.0. The van der Waals surface area contributed by atoms with Gasteiger partial charge >= 0.3 is 0 Å². The molecule has 1 aliphatic heterocycles. The Morgan fingerprint density at radius 3 is 2.44 bits per heavy atom. The Labute approximate surface area is 109 Å². The molecular formula is C11H22N2O4S. The van der Waals surface area contributed by atoms with Crippen LogP contribution < -0.4 is 5.48 Å². The summed E-state index contributed by atoms with van der Waals surface area (Å²) in [7, 11) is -3.36. The molecule has 0 aromatic carbocycles. The molecule has 0 saturated carbocycles. The van der Waals surface area contributed by atoms with Gasteiger partial charge in [0.05, 0.1) is 11.9 Å². The average Bonchev–Trinajstić information content (AvgIpc) is 2.24. The van der Waals surface area contributed by atoms with Crippen molar-refractivity contribution < 1.29 is 18.0 Å². The van der Waals surface area contributed by atoms with Crippen LogP contribution in [0.25, 0.3) is 0 Å². The first-order valence-corrected chi connectivity index (χ1v) is 7.91. The number of rotatable bonds is 3. The minimum Gasteiger partial charge on any atom is -0.271 e. The number of carbonyl (C=O) groups excluding carboxylic acids is 1. The molecule has 1 N–H and O–H groups in total. The summed E-state index contributed by atoms with van der Waals surface area (Å²) < 4.78 is 24.5. The largest absolute Gasteiger partial charge is 0.271 e. The number of piperidine rings is 1. The van der Waals surface area contributed by atoms with Gasteiger partial charge in [-0.05, 0) is 33.6 Å². The molecule has 1 atom stereocenters. The number of nitrogens with one attached hydrogen (secondary N) is 1. The molecule has 0 radical (unpaired) electrons. The van der Waals surface area contributed by atoms with Gasteiger partial charge < -0.3 is 0 Å². The highest BCUT2D eigenvalue weighted by atomic mass is 32.2. The SMILES string of the molecule is CC(C)(C)ONC(=O)C1CCCCN1S(C)(=O)=O. The average molecular weight is 278 g/mol. The fourth-order valence-corrected chi connectivity index (χ4v) is 2.96. The molecule has 1 saturated heterocycles. The van der Waals surface area contributed by atoms with Crippen LogP contribution in [0.3, 0.4) is 0 Å². The Hall–Kier alpha value is -0.660. The van der Waals surface area contributed by atoms with Crippen molar-refractivity contribution in [3.05, 3.63) is 0 Å². The van der Waals surface area contributed by atoms with Crippen molar-refractivity contribution in [3.8, 4) is 0 Å². The van der Waals surface area contributed by atoms with Gasteiger partial charge in [0.15, 0.2) is 0 Å². The lowest BCUT2D eigenvalue weighted by molar-refractivity contribution is -0.150. The van der Waals surface area contributed by atoms with Gasteiger partial charge in [0.25, 0.3) is 5.91 Å². The second-order valence-electron chi connectivity index (χ2n) is 5.57. The fraction of sp³-hybridized carbons (Fsp3) is 0.909. The van der Waals surface area contributed by atoms with E-state index in [1.165, 1.54) is 4.31 Å². The first kappa shape index (κ1) is 15.4. The van der Waals surface area contributed by atoms with Crippen LogP contribution in [-0.2, 0) is 19.7 Å². The van der Waals surface area contributed by atoms with E-state index in [1.54, 1.807) is 0 Å². The Kier molecular flexibility index (Phi) is 4.74. The fourth-order valence-electron chi connectivity index (χ4n) is 1.84. The third kappa shape index (κ3) is 4.55. The quantitative estimate of drug-likeness (QED) is 0.769. The maximum Gasteiger partial charge on any atom is 0.261 e. The van der Waals surface area contributed by atoms with E-state index in [-0.39, 0.29) is 0 Å². The Bertz CT molecular complexity index is 400. The van der Waals surface area contributed by atoms with Crippen LogP contribution in [0.4, 0.5) is 0 Å². The van der Waals surface area contributed by atoms with Gasteiger partial charge in [-0.1, -0.05) is 6.42 Å². The number of hydrogen-bond donors (Lipinski definition) is 1. The van der Waals surface area contributed by atoms with Gasteiger partial charge in [-0.15, -0.1) is 0 Å². The van der Waals surface area contributed by atoms with E-state index < -0.39 is 27.6 Å². The number of hydroxylamine groups is 1. The highest BCUT2D eigenvalue weighted by Gasteiger charge is 2.34. The zero-order valence-corrected chi connectivity index (χ0v) is 12.2. The number of carbonyl (C=O) groups is 1. The summed E-state index contributed by atoms with van der Waals surface area (Å²) >= 11 is 0. The van der Waals surface area contributed by atoms with Crippen molar-refractivity contribution in [2.75, 3.05) is 12.8 Å². The van der Waals surface area contributed by atoms with E-state index in [4.69, 9.17) is 4.84 Å². The zero-order valence-electron chi connectivity index (χ0n) is 11.4. The van der Waals surface area contributed by atoms with E-state index in [0.717, 1.165) is 19.1 Å². The maximum absolute atomic E-state index is 12.0. The minimum atomic E-state index is -3.36. The third-order valence-electron chi connectivity index (χ3n) is 2.64. The van der Waals surface area contributed by atoms with Crippen molar-refractivity contribution in [2.24, 2.45) is 0 Å². The molecule has 0 bridgehead atoms. The van der Waals surface area contributed by atoms with E-state index in [2.05, 4.69) is 5.48 Å². The lowest BCUT2D eigenvalue weighted by Gasteiger charge is -2.33. The maximum atomic E-state index is 12.0. The van der Waals surface area contributed by atoms with Crippen LogP contribution in [0.1, 0.15) is 40.0 Å². The standard InChI is InChI=1S/C11H22N2O4S/c1-11(2,3)17-12-10(14)9-7-5-6-8-13(9)18(4,15)16/h9H,5-8H2,1-4H3,(H,12,14). The Morgan fingerprint density at radius 1 is 1.33 bits per heavy atom. The first-order valence-electron chi connectivity index (χ1n) is 6.06. The number of hydrogen-bond acceptors (Lipinski definition) is 4. The molecule has 1 amide bonds. The summed E-state index contributed by atoms with van der Waals surface area (Å²) in [5.41, 5.74) is 1.85. The molecule has 106 valence electrons. The van der Waals surface area contributed by atoms with Gasteiger partial charge in [0.2, 0.25) is 10.0 Å². The second-order valence-corrected chi connectivity index (χ2v) is 7.50. The molecule has 1 rings (SSSR count). The molecule has 18 heavy (non-hydrogen) atoms. The van der Waals surface area contributed by atoms with Crippen molar-refractivity contribution in [3.63, 3.8) is 0 Å². The van der Waals surface area contributed by atoms with Crippen LogP contribution in [0.5, 0.6) is 0 Å². The van der Waals surface area contributed by atoms with E-state index in [9.17, 15) is 13.2 Å². The smallest absolute Gasteiger partial charge is 0.261 e. The van der Waals surface area contributed by atoms with Gasteiger partial charge in [-0.3, -0.25) is 9.63 Å². The van der Waals surface area contributed by atoms with Crippen LogP contribution >= 0.6 is 0 Å². The molecule has 1 aliphatic rings. The van der Waals surface area contributed by atoms with E-state index in [0.29, 0.717) is 13.0 Å². The summed E-state index contributed by atoms with van der Waals surface area (Å²) in [4.78, 5) is 17.1. The molecule has 1 fully saturated rings. The lowest BCUT2D eigenvalue weighted by atomic mass is 10.0. The Balaban J connectivity index is 2.70. The van der Waals surface area contributed by atoms with Crippen LogP contribution in [0.2, 0.25) is 0 Å².